The lowest BCUT2D eigenvalue weighted by atomic mass is 10.1. The summed E-state index contributed by atoms with van der Waals surface area (Å²) in [7, 11) is 1.70. The van der Waals surface area contributed by atoms with Crippen LogP contribution >= 0.6 is 0 Å². The van der Waals surface area contributed by atoms with Crippen molar-refractivity contribution in [2.24, 2.45) is 5.73 Å². The number of aryl methyl sites for hydroxylation is 1. The van der Waals surface area contributed by atoms with Crippen molar-refractivity contribution in [1.82, 2.24) is 4.98 Å². The first-order valence-electron chi connectivity index (χ1n) is 5.69. The molecule has 0 unspecified atom stereocenters. The zero-order valence-corrected chi connectivity index (χ0v) is 9.62. The van der Waals surface area contributed by atoms with Crippen molar-refractivity contribution in [1.29, 1.82) is 0 Å². The standard InChI is InChI=1S/C13H18N2O/c1-16-11-5-6-13-12(8-11)10(9-15-13)4-2-3-7-14/h5-6,8-9,15H,2-4,7,14H2,1H3. The molecule has 0 spiro atoms. The highest BCUT2D eigenvalue weighted by Crippen LogP contribution is 2.24. The number of hydrogen-bond donors (Lipinski definition) is 2. The van der Waals surface area contributed by atoms with Gasteiger partial charge in [-0.1, -0.05) is 0 Å². The monoisotopic (exact) mass is 218 g/mol. The molecule has 0 atom stereocenters. The highest BCUT2D eigenvalue weighted by molar-refractivity contribution is 5.84. The lowest BCUT2D eigenvalue weighted by molar-refractivity contribution is 0.415. The maximum absolute atomic E-state index is 5.50. The van der Waals surface area contributed by atoms with E-state index in [1.54, 1.807) is 7.11 Å². The molecule has 1 heterocycles. The van der Waals surface area contributed by atoms with Gasteiger partial charge in [0.1, 0.15) is 5.75 Å². The highest BCUT2D eigenvalue weighted by Gasteiger charge is 2.04. The lowest BCUT2D eigenvalue weighted by Gasteiger charge is -2.01. The highest BCUT2D eigenvalue weighted by atomic mass is 16.5. The molecule has 3 heteroatoms. The zero-order chi connectivity index (χ0) is 11.4. The van der Waals surface area contributed by atoms with E-state index in [2.05, 4.69) is 23.3 Å². The molecule has 0 radical (unpaired) electrons. The number of ether oxygens (including phenoxy) is 1. The summed E-state index contributed by atoms with van der Waals surface area (Å²) in [6.07, 6.45) is 5.38. The number of nitrogens with one attached hydrogen (secondary N) is 1. The molecule has 16 heavy (non-hydrogen) atoms. The number of aromatic nitrogens is 1. The third-order valence-corrected chi connectivity index (χ3v) is 2.87. The van der Waals surface area contributed by atoms with E-state index >= 15 is 0 Å². The Hall–Kier alpha value is -1.48. The average molecular weight is 218 g/mol. The Balaban J connectivity index is 2.24. The van der Waals surface area contributed by atoms with Crippen molar-refractivity contribution >= 4 is 10.9 Å². The number of hydrogen-bond acceptors (Lipinski definition) is 2. The Labute approximate surface area is 95.6 Å². The fourth-order valence-electron chi connectivity index (χ4n) is 1.95. The largest absolute Gasteiger partial charge is 0.497 e. The molecular weight excluding hydrogens is 200 g/mol. The maximum Gasteiger partial charge on any atom is 0.119 e. The number of benzene rings is 1. The molecule has 3 N–H and O–H groups in total. The second kappa shape index (κ2) is 5.03. The molecule has 0 aliphatic rings. The predicted octanol–water partition coefficient (Wildman–Crippen LogP) is 2.46. The average Bonchev–Trinajstić information content (AvgIpc) is 2.72. The summed E-state index contributed by atoms with van der Waals surface area (Å²) in [4.78, 5) is 3.28. The molecule has 0 aliphatic heterocycles. The van der Waals surface area contributed by atoms with Gasteiger partial charge in [0.2, 0.25) is 0 Å². The van der Waals surface area contributed by atoms with Gasteiger partial charge in [0.05, 0.1) is 7.11 Å². The number of unbranched alkanes of at least 4 members (excludes halogenated alkanes) is 1. The fraction of sp³-hybridized carbons (Fsp3) is 0.385. The first-order chi connectivity index (χ1) is 7.85. The van der Waals surface area contributed by atoms with E-state index in [4.69, 9.17) is 10.5 Å². The summed E-state index contributed by atoms with van der Waals surface area (Å²) in [5.41, 5.74) is 8.02. The van der Waals surface area contributed by atoms with E-state index in [-0.39, 0.29) is 0 Å². The molecule has 1 aromatic carbocycles. The van der Waals surface area contributed by atoms with Crippen LogP contribution in [0.15, 0.2) is 24.4 Å². The first-order valence-corrected chi connectivity index (χ1v) is 5.69. The molecule has 2 rings (SSSR count). The van der Waals surface area contributed by atoms with Gasteiger partial charge in [-0.2, -0.15) is 0 Å². The van der Waals surface area contributed by atoms with Gasteiger partial charge in [-0.05, 0) is 49.6 Å². The minimum absolute atomic E-state index is 0.770. The van der Waals surface area contributed by atoms with Crippen LogP contribution in [0.5, 0.6) is 5.75 Å². The van der Waals surface area contributed by atoms with E-state index in [9.17, 15) is 0 Å². The summed E-state index contributed by atoms with van der Waals surface area (Å²) in [5, 5.41) is 1.26. The lowest BCUT2D eigenvalue weighted by Crippen LogP contribution is -1.98. The topological polar surface area (TPSA) is 51.0 Å². The second-order valence-corrected chi connectivity index (χ2v) is 3.97. The van der Waals surface area contributed by atoms with Gasteiger partial charge in [-0.15, -0.1) is 0 Å². The van der Waals surface area contributed by atoms with E-state index in [0.717, 1.165) is 31.6 Å². The molecule has 1 aromatic heterocycles. The van der Waals surface area contributed by atoms with Crippen molar-refractivity contribution in [2.75, 3.05) is 13.7 Å². The van der Waals surface area contributed by atoms with Crippen LogP contribution in [0.2, 0.25) is 0 Å². The number of fused-ring (bicyclic) bond motifs is 1. The SMILES string of the molecule is COc1ccc2[nH]cc(CCCCN)c2c1. The number of nitrogens with two attached hydrogens (primary N) is 1. The van der Waals surface area contributed by atoms with Crippen molar-refractivity contribution in [2.45, 2.75) is 19.3 Å². The third kappa shape index (κ3) is 2.19. The predicted molar refractivity (Wildman–Crippen MR) is 66.8 cm³/mol. The number of rotatable bonds is 5. The van der Waals surface area contributed by atoms with Gasteiger partial charge >= 0.3 is 0 Å². The van der Waals surface area contributed by atoms with Crippen molar-refractivity contribution in [3.05, 3.63) is 30.0 Å². The number of aromatic amines is 1. The Kier molecular flexibility index (Phi) is 3.47. The molecule has 0 bridgehead atoms. The minimum atomic E-state index is 0.770. The summed E-state index contributed by atoms with van der Waals surface area (Å²) in [6, 6.07) is 6.12. The van der Waals surface area contributed by atoms with Gasteiger partial charge < -0.3 is 15.5 Å². The summed E-state index contributed by atoms with van der Waals surface area (Å²) >= 11 is 0. The van der Waals surface area contributed by atoms with Crippen LogP contribution in [0.3, 0.4) is 0 Å². The minimum Gasteiger partial charge on any atom is -0.497 e. The van der Waals surface area contributed by atoms with Crippen LogP contribution in [-0.2, 0) is 6.42 Å². The molecular formula is C13H18N2O. The van der Waals surface area contributed by atoms with Gasteiger partial charge in [0.25, 0.3) is 0 Å². The number of methoxy groups -OCH3 is 1. The van der Waals surface area contributed by atoms with Crippen LogP contribution in [0.1, 0.15) is 18.4 Å². The van der Waals surface area contributed by atoms with Gasteiger partial charge in [0, 0.05) is 17.1 Å². The molecule has 0 aliphatic carbocycles. The smallest absolute Gasteiger partial charge is 0.119 e. The Morgan fingerprint density at radius 2 is 2.19 bits per heavy atom. The van der Waals surface area contributed by atoms with Crippen molar-refractivity contribution < 1.29 is 4.74 Å². The normalized spacial score (nSPS) is 10.9. The van der Waals surface area contributed by atoms with Crippen LogP contribution in [0.4, 0.5) is 0 Å². The fourth-order valence-corrected chi connectivity index (χ4v) is 1.95. The van der Waals surface area contributed by atoms with Gasteiger partial charge in [-0.25, -0.2) is 0 Å². The van der Waals surface area contributed by atoms with E-state index < -0.39 is 0 Å². The summed E-state index contributed by atoms with van der Waals surface area (Å²) < 4.78 is 5.24. The molecule has 2 aromatic rings. The van der Waals surface area contributed by atoms with E-state index in [1.165, 1.54) is 16.5 Å². The first kappa shape index (κ1) is 11.0. The molecule has 0 saturated heterocycles. The quantitative estimate of drug-likeness (QED) is 0.757. The second-order valence-electron chi connectivity index (χ2n) is 3.97. The molecule has 0 saturated carbocycles. The third-order valence-electron chi connectivity index (χ3n) is 2.87. The summed E-state index contributed by atoms with van der Waals surface area (Å²) in [5.74, 6) is 0.909. The van der Waals surface area contributed by atoms with Crippen LogP contribution < -0.4 is 10.5 Å². The van der Waals surface area contributed by atoms with Gasteiger partial charge in [-0.3, -0.25) is 0 Å². The van der Waals surface area contributed by atoms with Gasteiger partial charge in [0.15, 0.2) is 0 Å². The molecule has 0 fully saturated rings. The molecule has 3 nitrogen and oxygen atoms in total. The van der Waals surface area contributed by atoms with Crippen molar-refractivity contribution in [3.63, 3.8) is 0 Å². The zero-order valence-electron chi connectivity index (χ0n) is 9.62. The van der Waals surface area contributed by atoms with E-state index in [0.29, 0.717) is 0 Å². The Bertz CT molecular complexity index is 462. The van der Waals surface area contributed by atoms with Crippen LogP contribution in [0.25, 0.3) is 10.9 Å². The van der Waals surface area contributed by atoms with E-state index in [1.807, 2.05) is 6.07 Å². The Morgan fingerprint density at radius 3 is 2.94 bits per heavy atom. The van der Waals surface area contributed by atoms with Crippen LogP contribution in [-0.4, -0.2) is 18.6 Å². The molecule has 86 valence electrons. The molecule has 0 amide bonds. The van der Waals surface area contributed by atoms with Crippen molar-refractivity contribution in [3.8, 4) is 5.75 Å². The maximum atomic E-state index is 5.50. The Morgan fingerprint density at radius 1 is 1.31 bits per heavy atom. The van der Waals surface area contributed by atoms with Crippen LogP contribution in [0, 0.1) is 0 Å². The summed E-state index contributed by atoms with van der Waals surface area (Å²) in [6.45, 7) is 0.770. The number of H-pyrrole nitrogens is 1.